The van der Waals surface area contributed by atoms with E-state index in [2.05, 4.69) is 50.0 Å². The van der Waals surface area contributed by atoms with Crippen molar-refractivity contribution < 1.29 is 9.18 Å². The van der Waals surface area contributed by atoms with Gasteiger partial charge >= 0.3 is 0 Å². The van der Waals surface area contributed by atoms with E-state index in [1.807, 2.05) is 24.3 Å². The highest BCUT2D eigenvalue weighted by Gasteiger charge is 2.17. The molecule has 0 aliphatic carbocycles. The molecule has 3 heteroatoms. The number of carbonyl (C=O) groups excluding carboxylic acids is 1. The van der Waals surface area contributed by atoms with Crippen molar-refractivity contribution in [2.24, 2.45) is 0 Å². The smallest absolute Gasteiger partial charge is 0.258 e. The summed E-state index contributed by atoms with van der Waals surface area (Å²) < 4.78 is 13.4. The minimum Gasteiger partial charge on any atom is -0.308 e. The first-order valence-electron chi connectivity index (χ1n) is 12.4. The van der Waals surface area contributed by atoms with Gasteiger partial charge in [-0.3, -0.25) is 4.79 Å². The zero-order chi connectivity index (χ0) is 24.2. The largest absolute Gasteiger partial charge is 0.308 e. The van der Waals surface area contributed by atoms with Crippen molar-refractivity contribution >= 4 is 11.6 Å². The fourth-order valence-corrected chi connectivity index (χ4v) is 3.80. The van der Waals surface area contributed by atoms with E-state index >= 15 is 0 Å². The van der Waals surface area contributed by atoms with Gasteiger partial charge in [0.2, 0.25) is 0 Å². The molecule has 3 rings (SSSR count). The Balaban J connectivity index is 1.70. The third kappa shape index (κ3) is 7.59. The Kier molecular flexibility index (Phi) is 9.92. The number of amides is 1. The second kappa shape index (κ2) is 13.4. The lowest BCUT2D eigenvalue weighted by atomic mass is 10.1. The molecule has 0 aliphatic rings. The van der Waals surface area contributed by atoms with Crippen molar-refractivity contribution in [2.75, 3.05) is 11.4 Å². The molecule has 0 N–H and O–H groups in total. The number of hydrogen-bond acceptors (Lipinski definition) is 1. The van der Waals surface area contributed by atoms with Gasteiger partial charge in [-0.25, -0.2) is 4.39 Å². The minimum absolute atomic E-state index is 0.0784. The molecule has 0 fully saturated rings. The van der Waals surface area contributed by atoms with Gasteiger partial charge in [-0.05, 0) is 85.5 Å². The zero-order valence-electron chi connectivity index (χ0n) is 20.3. The van der Waals surface area contributed by atoms with Gasteiger partial charge in [0.15, 0.2) is 0 Å². The van der Waals surface area contributed by atoms with Crippen LogP contribution in [0.15, 0.2) is 72.8 Å². The van der Waals surface area contributed by atoms with Gasteiger partial charge in [-0.1, -0.05) is 63.5 Å². The van der Waals surface area contributed by atoms with Gasteiger partial charge in [0, 0.05) is 28.9 Å². The quantitative estimate of drug-likeness (QED) is 0.226. The van der Waals surface area contributed by atoms with Crippen molar-refractivity contribution in [3.63, 3.8) is 0 Å². The maximum atomic E-state index is 13.4. The number of anilines is 1. The molecule has 0 bridgehead atoms. The third-order valence-corrected chi connectivity index (χ3v) is 5.87. The van der Waals surface area contributed by atoms with E-state index in [4.69, 9.17) is 0 Å². The fraction of sp³-hybridized carbons (Fsp3) is 0.323. The van der Waals surface area contributed by atoms with Gasteiger partial charge < -0.3 is 4.90 Å². The van der Waals surface area contributed by atoms with E-state index in [0.717, 1.165) is 43.2 Å². The van der Waals surface area contributed by atoms with Crippen LogP contribution in [0.5, 0.6) is 0 Å². The molecule has 2 nitrogen and oxygen atoms in total. The van der Waals surface area contributed by atoms with Gasteiger partial charge in [0.1, 0.15) is 5.82 Å². The van der Waals surface area contributed by atoms with E-state index in [-0.39, 0.29) is 11.7 Å². The lowest BCUT2D eigenvalue weighted by Gasteiger charge is -2.23. The van der Waals surface area contributed by atoms with Crippen LogP contribution in [0.3, 0.4) is 0 Å². The molecule has 3 aromatic rings. The number of rotatable bonds is 10. The Morgan fingerprint density at radius 2 is 1.32 bits per heavy atom. The normalized spacial score (nSPS) is 10.4. The third-order valence-electron chi connectivity index (χ3n) is 5.87. The molecule has 0 atom stereocenters. The molecule has 1 amide bonds. The first kappa shape index (κ1) is 25.2. The van der Waals surface area contributed by atoms with Gasteiger partial charge in [0.05, 0.1) is 0 Å². The summed E-state index contributed by atoms with van der Waals surface area (Å²) in [6.45, 7) is 4.98. The van der Waals surface area contributed by atoms with Crippen LogP contribution < -0.4 is 4.90 Å². The average Bonchev–Trinajstić information content (AvgIpc) is 2.87. The molecule has 0 aromatic heterocycles. The van der Waals surface area contributed by atoms with E-state index in [0.29, 0.717) is 17.8 Å². The molecule has 0 unspecified atom stereocenters. The lowest BCUT2D eigenvalue weighted by Crippen LogP contribution is -2.32. The number of benzene rings is 3. The maximum Gasteiger partial charge on any atom is 0.258 e. The lowest BCUT2D eigenvalue weighted by molar-refractivity contribution is 0.0986. The topological polar surface area (TPSA) is 20.3 Å². The predicted octanol–water partition coefficient (Wildman–Crippen LogP) is 7.80. The van der Waals surface area contributed by atoms with Crippen molar-refractivity contribution in [2.45, 2.75) is 58.8 Å². The minimum atomic E-state index is -0.305. The van der Waals surface area contributed by atoms with Crippen LogP contribution in [-0.4, -0.2) is 12.5 Å². The summed E-state index contributed by atoms with van der Waals surface area (Å²) in [5.41, 5.74) is 4.51. The molecule has 0 saturated heterocycles. The van der Waals surface area contributed by atoms with Gasteiger partial charge in [-0.2, -0.15) is 0 Å². The first-order valence-corrected chi connectivity index (χ1v) is 12.4. The van der Waals surface area contributed by atoms with Crippen molar-refractivity contribution in [3.05, 3.63) is 101 Å². The summed E-state index contributed by atoms with van der Waals surface area (Å²) in [5.74, 6) is 6.01. The van der Waals surface area contributed by atoms with Crippen LogP contribution in [-0.2, 0) is 6.42 Å². The number of carbonyl (C=O) groups is 1. The molecule has 3 aromatic carbocycles. The molecule has 0 radical (unpaired) electrons. The summed E-state index contributed by atoms with van der Waals surface area (Å²) >= 11 is 0. The highest BCUT2D eigenvalue weighted by atomic mass is 19.1. The first-order chi connectivity index (χ1) is 16.6. The Labute approximate surface area is 203 Å². The Morgan fingerprint density at radius 1 is 0.735 bits per heavy atom. The van der Waals surface area contributed by atoms with Crippen LogP contribution in [0.25, 0.3) is 0 Å². The van der Waals surface area contributed by atoms with Crippen LogP contribution >= 0.6 is 0 Å². The van der Waals surface area contributed by atoms with Gasteiger partial charge in [-0.15, -0.1) is 0 Å². The molecular formula is C31H34FNO. The molecule has 0 spiro atoms. The second-order valence-electron chi connectivity index (χ2n) is 8.62. The molecule has 176 valence electrons. The molecule has 34 heavy (non-hydrogen) atoms. The summed E-state index contributed by atoms with van der Waals surface area (Å²) in [6.07, 6.45) is 7.75. The summed E-state index contributed by atoms with van der Waals surface area (Å²) in [7, 11) is 0. The summed E-state index contributed by atoms with van der Waals surface area (Å²) in [6, 6.07) is 22.0. The van der Waals surface area contributed by atoms with Crippen LogP contribution in [0.4, 0.5) is 10.1 Å². The van der Waals surface area contributed by atoms with Crippen LogP contribution in [0, 0.1) is 17.7 Å². The number of hydrogen-bond donors (Lipinski definition) is 0. The second-order valence-corrected chi connectivity index (χ2v) is 8.62. The Morgan fingerprint density at radius 3 is 1.91 bits per heavy atom. The number of halogens is 1. The molecule has 0 saturated carbocycles. The summed E-state index contributed by atoms with van der Waals surface area (Å²) in [4.78, 5) is 15.0. The summed E-state index contributed by atoms with van der Waals surface area (Å²) in [5, 5.41) is 0. The average molecular weight is 456 g/mol. The van der Waals surface area contributed by atoms with Crippen molar-refractivity contribution in [1.29, 1.82) is 0 Å². The number of nitrogens with zero attached hydrogens (tertiary/aromatic N) is 1. The van der Waals surface area contributed by atoms with E-state index < -0.39 is 0 Å². The number of aryl methyl sites for hydroxylation is 1. The van der Waals surface area contributed by atoms with E-state index in [1.54, 1.807) is 17.0 Å². The molecule has 0 heterocycles. The van der Waals surface area contributed by atoms with E-state index in [9.17, 15) is 9.18 Å². The highest BCUT2D eigenvalue weighted by molar-refractivity contribution is 6.06. The molecule has 0 aliphatic heterocycles. The fourth-order valence-electron chi connectivity index (χ4n) is 3.80. The standard InChI is InChI=1S/C31H34FNO/c1-3-5-7-8-24-33(30-22-20-29(32)21-23-30)31(34)28-18-16-27(17-19-28)15-14-26-12-10-25(11-13-26)9-6-4-2/h10-13,16-23H,3-9,24H2,1-2H3. The van der Waals surface area contributed by atoms with Gasteiger partial charge in [0.25, 0.3) is 5.91 Å². The zero-order valence-corrected chi connectivity index (χ0v) is 20.3. The SMILES string of the molecule is CCCCCCN(C(=O)c1ccc(C#Cc2ccc(CCCC)cc2)cc1)c1ccc(F)cc1. The van der Waals surface area contributed by atoms with E-state index in [1.165, 1.54) is 30.5 Å². The monoisotopic (exact) mass is 455 g/mol. The molecular weight excluding hydrogens is 421 g/mol. The predicted molar refractivity (Wildman–Crippen MR) is 140 cm³/mol. The Hall–Kier alpha value is -3.38. The highest BCUT2D eigenvalue weighted by Crippen LogP contribution is 2.20. The number of unbranched alkanes of at least 4 members (excludes halogenated alkanes) is 4. The maximum absolute atomic E-state index is 13.4. The van der Waals surface area contributed by atoms with Crippen molar-refractivity contribution in [3.8, 4) is 11.8 Å². The van der Waals surface area contributed by atoms with Crippen LogP contribution in [0.1, 0.15) is 79.4 Å². The Bertz CT molecular complexity index is 1090. The van der Waals surface area contributed by atoms with Crippen LogP contribution in [0.2, 0.25) is 0 Å². The van der Waals surface area contributed by atoms with Crippen molar-refractivity contribution in [1.82, 2.24) is 0 Å².